The van der Waals surface area contributed by atoms with E-state index in [9.17, 15) is 10.1 Å². The van der Waals surface area contributed by atoms with Crippen molar-refractivity contribution in [2.24, 2.45) is 0 Å². The second kappa shape index (κ2) is 10.7. The summed E-state index contributed by atoms with van der Waals surface area (Å²) in [5, 5.41) is 15.0. The number of amides is 1. The molecule has 0 aliphatic rings. The molecule has 2 rings (SSSR count). The maximum absolute atomic E-state index is 12.1. The fourth-order valence-electron chi connectivity index (χ4n) is 2.63. The van der Waals surface area contributed by atoms with Crippen LogP contribution in [-0.2, 0) is 17.6 Å². The number of hydrogen-bond donors (Lipinski definition) is 2. The van der Waals surface area contributed by atoms with Crippen LogP contribution < -0.4 is 15.4 Å². The molecule has 0 saturated carbocycles. The molecule has 0 aromatic heterocycles. The van der Waals surface area contributed by atoms with Gasteiger partial charge >= 0.3 is 0 Å². The number of carbonyl (C=O) groups is 1. The number of carbonyl (C=O) groups excluding carboxylic acids is 1. The van der Waals surface area contributed by atoms with Crippen LogP contribution in [-0.4, -0.2) is 26.1 Å². The van der Waals surface area contributed by atoms with E-state index in [0.717, 1.165) is 17.7 Å². The molecule has 2 aromatic rings. The van der Waals surface area contributed by atoms with Gasteiger partial charge in [-0.15, -0.1) is 0 Å². The third-order valence-corrected chi connectivity index (χ3v) is 4.27. The van der Waals surface area contributed by atoms with Gasteiger partial charge in [0, 0.05) is 19.3 Å². The molecule has 0 unspecified atom stereocenters. The number of aryl methyl sites for hydroxylation is 1. The number of nitriles is 1. The maximum Gasteiger partial charge on any atom is 0.263 e. The molecule has 0 bridgehead atoms. The minimum Gasteiger partial charge on any atom is -0.497 e. The maximum atomic E-state index is 12.1. The number of rotatable bonds is 9. The van der Waals surface area contributed by atoms with Gasteiger partial charge in [-0.05, 0) is 48.6 Å². The van der Waals surface area contributed by atoms with Crippen LogP contribution in [0.4, 0.5) is 0 Å². The zero-order valence-corrected chi connectivity index (χ0v) is 15.8. The molecule has 140 valence electrons. The number of nitrogens with zero attached hydrogens (tertiary/aromatic N) is 1. The average molecular weight is 363 g/mol. The summed E-state index contributed by atoms with van der Waals surface area (Å²) in [6.07, 6.45) is 3.01. The Morgan fingerprint density at radius 2 is 1.85 bits per heavy atom. The van der Waals surface area contributed by atoms with E-state index in [2.05, 4.69) is 29.7 Å². The molecule has 5 nitrogen and oxygen atoms in total. The monoisotopic (exact) mass is 363 g/mol. The first-order chi connectivity index (χ1) is 13.1. The lowest BCUT2D eigenvalue weighted by Gasteiger charge is -2.07. The standard InChI is InChI=1S/C22H25N3O2/c1-17-5-3-4-6-19(17)12-13-24-16-20(15-23)22(26)25-14-11-18-7-9-21(27-2)10-8-18/h3-10,16,24H,11-14H2,1-2H3,(H,25,26)/b20-16-. The minimum atomic E-state index is -0.366. The van der Waals surface area contributed by atoms with Crippen molar-refractivity contribution >= 4 is 5.91 Å². The minimum absolute atomic E-state index is 0.0783. The summed E-state index contributed by atoms with van der Waals surface area (Å²) in [6, 6.07) is 17.8. The van der Waals surface area contributed by atoms with Crippen molar-refractivity contribution in [2.75, 3.05) is 20.2 Å². The van der Waals surface area contributed by atoms with Gasteiger partial charge in [0.15, 0.2) is 0 Å². The van der Waals surface area contributed by atoms with E-state index in [1.165, 1.54) is 17.3 Å². The number of hydrogen-bond acceptors (Lipinski definition) is 4. The molecular formula is C22H25N3O2. The Kier molecular flexibility index (Phi) is 7.92. The molecule has 0 spiro atoms. The number of nitrogens with one attached hydrogen (secondary N) is 2. The van der Waals surface area contributed by atoms with E-state index in [4.69, 9.17) is 4.74 Å². The highest BCUT2D eigenvalue weighted by Gasteiger charge is 2.08. The van der Waals surface area contributed by atoms with Gasteiger partial charge in [-0.3, -0.25) is 4.79 Å². The number of benzene rings is 2. The molecule has 0 fully saturated rings. The van der Waals surface area contributed by atoms with Crippen LogP contribution in [0.15, 0.2) is 60.3 Å². The predicted octanol–water partition coefficient (Wildman–Crippen LogP) is 2.90. The van der Waals surface area contributed by atoms with Crippen molar-refractivity contribution in [1.82, 2.24) is 10.6 Å². The third kappa shape index (κ3) is 6.52. The van der Waals surface area contributed by atoms with E-state index in [1.807, 2.05) is 42.5 Å². The van der Waals surface area contributed by atoms with Crippen molar-refractivity contribution in [1.29, 1.82) is 5.26 Å². The number of methoxy groups -OCH3 is 1. The van der Waals surface area contributed by atoms with Crippen molar-refractivity contribution in [3.8, 4) is 11.8 Å². The quantitative estimate of drug-likeness (QED) is 0.408. The Bertz CT molecular complexity index is 820. The van der Waals surface area contributed by atoms with Crippen LogP contribution in [0.3, 0.4) is 0 Å². The normalized spacial score (nSPS) is 10.8. The van der Waals surface area contributed by atoms with Crippen LogP contribution >= 0.6 is 0 Å². The van der Waals surface area contributed by atoms with Crippen LogP contribution in [0.2, 0.25) is 0 Å². The van der Waals surface area contributed by atoms with Crippen molar-refractivity contribution in [2.45, 2.75) is 19.8 Å². The Morgan fingerprint density at radius 1 is 1.11 bits per heavy atom. The zero-order valence-electron chi connectivity index (χ0n) is 15.8. The molecule has 1 amide bonds. The first-order valence-electron chi connectivity index (χ1n) is 8.93. The first-order valence-corrected chi connectivity index (χ1v) is 8.93. The van der Waals surface area contributed by atoms with Gasteiger partial charge < -0.3 is 15.4 Å². The lowest BCUT2D eigenvalue weighted by molar-refractivity contribution is -0.117. The molecule has 2 N–H and O–H groups in total. The third-order valence-electron chi connectivity index (χ3n) is 4.27. The predicted molar refractivity (Wildman–Crippen MR) is 106 cm³/mol. The summed E-state index contributed by atoms with van der Waals surface area (Å²) in [6.45, 7) is 3.20. The average Bonchev–Trinajstić information content (AvgIpc) is 2.69. The molecule has 0 saturated heterocycles. The van der Waals surface area contributed by atoms with E-state index in [1.54, 1.807) is 7.11 Å². The summed E-state index contributed by atoms with van der Waals surface area (Å²) in [5.74, 6) is 0.434. The fraction of sp³-hybridized carbons (Fsp3) is 0.273. The Morgan fingerprint density at radius 3 is 2.52 bits per heavy atom. The summed E-state index contributed by atoms with van der Waals surface area (Å²) in [5.41, 5.74) is 3.66. The molecule has 2 aromatic carbocycles. The van der Waals surface area contributed by atoms with Gasteiger partial charge in [0.25, 0.3) is 5.91 Å². The molecular weight excluding hydrogens is 338 g/mol. The molecule has 0 atom stereocenters. The van der Waals surface area contributed by atoms with Crippen LogP contribution in [0.25, 0.3) is 0 Å². The van der Waals surface area contributed by atoms with Crippen molar-refractivity contribution in [3.63, 3.8) is 0 Å². The molecule has 0 aliphatic heterocycles. The summed E-state index contributed by atoms with van der Waals surface area (Å²) < 4.78 is 5.12. The molecule has 0 heterocycles. The van der Waals surface area contributed by atoms with Gasteiger partial charge in [-0.2, -0.15) is 5.26 Å². The van der Waals surface area contributed by atoms with Crippen molar-refractivity contribution in [3.05, 3.63) is 77.0 Å². The lowest BCUT2D eigenvalue weighted by Crippen LogP contribution is -2.28. The van der Waals surface area contributed by atoms with Gasteiger partial charge in [-0.1, -0.05) is 36.4 Å². The molecule has 0 radical (unpaired) electrons. The van der Waals surface area contributed by atoms with Crippen LogP contribution in [0.1, 0.15) is 16.7 Å². The Hall–Kier alpha value is -3.26. The zero-order chi connectivity index (χ0) is 19.5. The molecule has 27 heavy (non-hydrogen) atoms. The second-order valence-electron chi connectivity index (χ2n) is 6.15. The summed E-state index contributed by atoms with van der Waals surface area (Å²) >= 11 is 0. The van der Waals surface area contributed by atoms with E-state index in [0.29, 0.717) is 19.5 Å². The molecule has 5 heteroatoms. The van der Waals surface area contributed by atoms with Gasteiger partial charge in [-0.25, -0.2) is 0 Å². The van der Waals surface area contributed by atoms with E-state index >= 15 is 0 Å². The Labute approximate surface area is 160 Å². The largest absolute Gasteiger partial charge is 0.497 e. The number of ether oxygens (including phenoxy) is 1. The SMILES string of the molecule is COc1ccc(CCNC(=O)/C(C#N)=C\NCCc2ccccc2C)cc1. The van der Waals surface area contributed by atoms with Gasteiger partial charge in [0.05, 0.1) is 7.11 Å². The van der Waals surface area contributed by atoms with E-state index < -0.39 is 0 Å². The summed E-state index contributed by atoms with van der Waals surface area (Å²) in [7, 11) is 1.63. The highest BCUT2D eigenvalue weighted by Crippen LogP contribution is 2.11. The van der Waals surface area contributed by atoms with Crippen molar-refractivity contribution < 1.29 is 9.53 Å². The highest BCUT2D eigenvalue weighted by molar-refractivity contribution is 5.97. The smallest absolute Gasteiger partial charge is 0.263 e. The fourth-order valence-corrected chi connectivity index (χ4v) is 2.63. The van der Waals surface area contributed by atoms with Crippen LogP contribution in [0, 0.1) is 18.3 Å². The van der Waals surface area contributed by atoms with Crippen LogP contribution in [0.5, 0.6) is 5.75 Å². The lowest BCUT2D eigenvalue weighted by atomic mass is 10.1. The van der Waals surface area contributed by atoms with E-state index in [-0.39, 0.29) is 11.5 Å². The highest BCUT2D eigenvalue weighted by atomic mass is 16.5. The topological polar surface area (TPSA) is 74.1 Å². The first kappa shape index (κ1) is 20.1. The van der Waals surface area contributed by atoms with Gasteiger partial charge in [0.1, 0.15) is 17.4 Å². The summed E-state index contributed by atoms with van der Waals surface area (Å²) in [4.78, 5) is 12.1. The second-order valence-corrected chi connectivity index (χ2v) is 6.15. The van der Waals surface area contributed by atoms with Gasteiger partial charge in [0.2, 0.25) is 0 Å². The molecule has 0 aliphatic carbocycles. The Balaban J connectivity index is 1.76.